The minimum absolute atomic E-state index is 0.0135. The first-order chi connectivity index (χ1) is 13.1. The number of carbonyl (C=O) groups is 2. The van der Waals surface area contributed by atoms with Crippen molar-refractivity contribution in [2.75, 3.05) is 20.1 Å². The van der Waals surface area contributed by atoms with Crippen molar-refractivity contribution in [3.05, 3.63) is 35.9 Å². The number of urea groups is 1. The summed E-state index contributed by atoms with van der Waals surface area (Å²) in [5.74, 6) is -0.0135. The van der Waals surface area contributed by atoms with E-state index >= 15 is 0 Å². The highest BCUT2D eigenvalue weighted by Gasteiger charge is 2.47. The van der Waals surface area contributed by atoms with Gasteiger partial charge in [-0.3, -0.25) is 14.6 Å². The number of benzene rings is 1. The van der Waals surface area contributed by atoms with Gasteiger partial charge in [0.2, 0.25) is 5.91 Å². The topological polar surface area (TPSA) is 43.9 Å². The molecule has 3 rings (SSSR count). The van der Waals surface area contributed by atoms with Gasteiger partial charge in [-0.1, -0.05) is 56.5 Å². The zero-order valence-electron chi connectivity index (χ0n) is 16.9. The SMILES string of the molecule is CCCC[C@H](C(=O)N1C(=O)N(C)[C@@H](C)[C@H]1c1ccccc1)N1CCCCC1. The molecule has 0 N–H and O–H groups in total. The molecule has 2 fully saturated rings. The van der Waals surface area contributed by atoms with E-state index in [2.05, 4.69) is 11.8 Å². The molecule has 2 aliphatic rings. The highest BCUT2D eigenvalue weighted by atomic mass is 16.2. The molecule has 27 heavy (non-hydrogen) atoms. The lowest BCUT2D eigenvalue weighted by molar-refractivity contribution is -0.136. The van der Waals surface area contributed by atoms with E-state index in [4.69, 9.17) is 0 Å². The summed E-state index contributed by atoms with van der Waals surface area (Å²) < 4.78 is 0. The molecule has 5 heteroatoms. The number of hydrogen-bond donors (Lipinski definition) is 0. The van der Waals surface area contributed by atoms with Gasteiger partial charge in [-0.15, -0.1) is 0 Å². The largest absolute Gasteiger partial charge is 0.327 e. The zero-order chi connectivity index (χ0) is 19.4. The fraction of sp³-hybridized carbons (Fsp3) is 0.636. The van der Waals surface area contributed by atoms with Gasteiger partial charge in [-0.2, -0.15) is 0 Å². The van der Waals surface area contributed by atoms with E-state index in [-0.39, 0.29) is 30.1 Å². The first-order valence-corrected chi connectivity index (χ1v) is 10.4. The summed E-state index contributed by atoms with van der Waals surface area (Å²) in [5.41, 5.74) is 1.03. The van der Waals surface area contributed by atoms with Crippen LogP contribution in [0.2, 0.25) is 0 Å². The minimum Gasteiger partial charge on any atom is -0.322 e. The van der Waals surface area contributed by atoms with Crippen LogP contribution in [0.25, 0.3) is 0 Å². The Morgan fingerprint density at radius 2 is 1.81 bits per heavy atom. The predicted octanol–water partition coefficient (Wildman–Crippen LogP) is 4.05. The van der Waals surface area contributed by atoms with Crippen LogP contribution in [0.3, 0.4) is 0 Å². The van der Waals surface area contributed by atoms with Crippen molar-refractivity contribution in [2.45, 2.75) is 70.5 Å². The maximum Gasteiger partial charge on any atom is 0.327 e. The Morgan fingerprint density at radius 3 is 2.44 bits per heavy atom. The van der Waals surface area contributed by atoms with Crippen molar-refractivity contribution in [3.63, 3.8) is 0 Å². The van der Waals surface area contributed by atoms with Gasteiger partial charge in [-0.25, -0.2) is 4.79 Å². The van der Waals surface area contributed by atoms with E-state index in [9.17, 15) is 9.59 Å². The first-order valence-electron chi connectivity index (χ1n) is 10.4. The maximum atomic E-state index is 13.7. The molecule has 148 valence electrons. The molecule has 0 bridgehead atoms. The van der Waals surface area contributed by atoms with Crippen molar-refractivity contribution >= 4 is 11.9 Å². The summed E-state index contributed by atoms with van der Waals surface area (Å²) in [7, 11) is 1.80. The lowest BCUT2D eigenvalue weighted by Crippen LogP contribution is -2.51. The van der Waals surface area contributed by atoms with Gasteiger partial charge in [0.15, 0.2) is 0 Å². The van der Waals surface area contributed by atoms with Crippen molar-refractivity contribution in [2.24, 2.45) is 0 Å². The van der Waals surface area contributed by atoms with Gasteiger partial charge >= 0.3 is 6.03 Å². The normalized spacial score (nSPS) is 25.1. The number of nitrogens with zero attached hydrogens (tertiary/aromatic N) is 3. The highest BCUT2D eigenvalue weighted by Crippen LogP contribution is 2.36. The standard InChI is InChI=1S/C22H33N3O2/c1-4-5-14-19(24-15-10-7-11-16-24)21(26)25-20(17(2)23(3)22(25)27)18-12-8-6-9-13-18/h6,8-9,12-13,17,19-20H,4-5,7,10-11,14-16H2,1-3H3/t17-,19+,20-/m0/s1. The highest BCUT2D eigenvalue weighted by molar-refractivity contribution is 5.99. The molecule has 1 aromatic carbocycles. The number of hydrogen-bond acceptors (Lipinski definition) is 3. The lowest BCUT2D eigenvalue weighted by Gasteiger charge is -2.36. The molecule has 2 heterocycles. The number of rotatable bonds is 6. The first kappa shape index (κ1) is 19.9. The van der Waals surface area contributed by atoms with E-state index in [1.54, 1.807) is 16.8 Å². The molecule has 1 aromatic rings. The summed E-state index contributed by atoms with van der Waals surface area (Å²) in [6.45, 7) is 6.11. The molecule has 0 spiro atoms. The fourth-order valence-electron chi connectivity index (χ4n) is 4.45. The second kappa shape index (κ2) is 8.87. The van der Waals surface area contributed by atoms with Crippen LogP contribution >= 0.6 is 0 Å². The number of imide groups is 1. The zero-order valence-corrected chi connectivity index (χ0v) is 16.9. The van der Waals surface area contributed by atoms with Crippen LogP contribution in [0.4, 0.5) is 4.79 Å². The maximum absolute atomic E-state index is 13.7. The Morgan fingerprint density at radius 1 is 1.15 bits per heavy atom. The van der Waals surface area contributed by atoms with Crippen LogP contribution in [0.5, 0.6) is 0 Å². The van der Waals surface area contributed by atoms with E-state index in [1.807, 2.05) is 37.3 Å². The lowest BCUT2D eigenvalue weighted by atomic mass is 9.98. The second-order valence-electron chi connectivity index (χ2n) is 7.95. The molecule has 2 saturated heterocycles. The third-order valence-corrected chi connectivity index (χ3v) is 6.18. The van der Waals surface area contributed by atoms with Gasteiger partial charge in [0.1, 0.15) is 0 Å². The van der Waals surface area contributed by atoms with Gasteiger partial charge in [0, 0.05) is 7.05 Å². The average molecular weight is 372 g/mol. The van der Waals surface area contributed by atoms with Gasteiger partial charge in [0.25, 0.3) is 0 Å². The quantitative estimate of drug-likeness (QED) is 0.757. The second-order valence-corrected chi connectivity index (χ2v) is 7.95. The third kappa shape index (κ3) is 4.03. The van der Waals surface area contributed by atoms with E-state index < -0.39 is 0 Å². The molecule has 0 saturated carbocycles. The number of unbranched alkanes of at least 4 members (excludes halogenated alkanes) is 1. The number of likely N-dealkylation sites (N-methyl/N-ethyl adjacent to an activating group) is 1. The molecule has 2 aliphatic heterocycles. The molecule has 3 atom stereocenters. The van der Waals surface area contributed by atoms with Crippen LogP contribution in [0.15, 0.2) is 30.3 Å². The van der Waals surface area contributed by atoms with E-state index in [0.717, 1.165) is 50.8 Å². The number of amides is 3. The number of likely N-dealkylation sites (tertiary alicyclic amines) is 1. The average Bonchev–Trinajstić information content (AvgIpc) is 2.93. The van der Waals surface area contributed by atoms with Crippen LogP contribution in [-0.4, -0.2) is 58.9 Å². The van der Waals surface area contributed by atoms with Crippen molar-refractivity contribution in [1.29, 1.82) is 0 Å². The van der Waals surface area contributed by atoms with Gasteiger partial charge in [-0.05, 0) is 44.8 Å². The molecular formula is C22H33N3O2. The predicted molar refractivity (Wildman–Crippen MR) is 107 cm³/mol. The molecule has 3 amide bonds. The summed E-state index contributed by atoms with van der Waals surface area (Å²) in [6, 6.07) is 9.38. The fourth-order valence-corrected chi connectivity index (χ4v) is 4.45. The van der Waals surface area contributed by atoms with Crippen LogP contribution in [-0.2, 0) is 4.79 Å². The Balaban J connectivity index is 1.90. The van der Waals surface area contributed by atoms with Crippen LogP contribution in [0, 0.1) is 0 Å². The third-order valence-electron chi connectivity index (χ3n) is 6.18. The van der Waals surface area contributed by atoms with Crippen molar-refractivity contribution in [1.82, 2.24) is 14.7 Å². The smallest absolute Gasteiger partial charge is 0.322 e. The molecular weight excluding hydrogens is 338 g/mol. The minimum atomic E-state index is -0.217. The van der Waals surface area contributed by atoms with Crippen molar-refractivity contribution in [3.8, 4) is 0 Å². The molecule has 0 aromatic heterocycles. The van der Waals surface area contributed by atoms with E-state index in [0.29, 0.717) is 0 Å². The summed E-state index contributed by atoms with van der Waals surface area (Å²) in [4.78, 5) is 32.3. The van der Waals surface area contributed by atoms with Crippen LogP contribution < -0.4 is 0 Å². The molecule has 0 unspecified atom stereocenters. The monoisotopic (exact) mass is 371 g/mol. The van der Waals surface area contributed by atoms with Gasteiger partial charge < -0.3 is 4.90 Å². The summed E-state index contributed by atoms with van der Waals surface area (Å²) in [5, 5.41) is 0. The number of piperidine rings is 1. The van der Waals surface area contributed by atoms with Crippen LogP contribution in [0.1, 0.15) is 64.0 Å². The number of carbonyl (C=O) groups excluding carboxylic acids is 2. The molecule has 0 radical (unpaired) electrons. The Labute approximate surface area is 163 Å². The molecule has 0 aliphatic carbocycles. The summed E-state index contributed by atoms with van der Waals surface area (Å²) >= 11 is 0. The summed E-state index contributed by atoms with van der Waals surface area (Å²) in [6.07, 6.45) is 6.42. The Hall–Kier alpha value is -1.88. The molecule has 5 nitrogen and oxygen atoms in total. The van der Waals surface area contributed by atoms with E-state index in [1.165, 1.54) is 6.42 Å². The van der Waals surface area contributed by atoms with Crippen molar-refractivity contribution < 1.29 is 9.59 Å². The van der Waals surface area contributed by atoms with Gasteiger partial charge in [0.05, 0.1) is 18.1 Å². The Kier molecular flexibility index (Phi) is 6.53. The Bertz CT molecular complexity index is 642.